The number of hydrogen-bond acceptors (Lipinski definition) is 3. The second kappa shape index (κ2) is 5.48. The molecule has 3 rings (SSSR count). The Labute approximate surface area is 130 Å². The first kappa shape index (κ1) is 14.6. The predicted molar refractivity (Wildman–Crippen MR) is 86.5 cm³/mol. The van der Waals surface area contributed by atoms with Crippen molar-refractivity contribution in [1.82, 2.24) is 14.9 Å². The number of H-pyrrole nitrogens is 1. The van der Waals surface area contributed by atoms with E-state index >= 15 is 0 Å². The van der Waals surface area contributed by atoms with Crippen molar-refractivity contribution in [2.75, 3.05) is 13.1 Å². The molecule has 1 aliphatic heterocycles. The Morgan fingerprint density at radius 1 is 1.32 bits per heavy atom. The highest BCUT2D eigenvalue weighted by Gasteiger charge is 2.24. The number of nitrogens with zero attached hydrogens (tertiary/aromatic N) is 2. The number of aromatic amines is 1. The van der Waals surface area contributed by atoms with Gasteiger partial charge in [-0.15, -0.1) is 0 Å². The molecule has 1 amide bonds. The third-order valence-electron chi connectivity index (χ3n) is 3.55. The van der Waals surface area contributed by atoms with Crippen LogP contribution in [0.25, 0.3) is 16.6 Å². The number of rotatable bonds is 1. The van der Waals surface area contributed by atoms with Crippen LogP contribution >= 0.6 is 0 Å². The fourth-order valence-corrected chi connectivity index (χ4v) is 2.48. The third kappa shape index (κ3) is 3.13. The molecule has 5 nitrogen and oxygen atoms in total. The molecule has 1 aromatic carbocycles. The molecule has 1 aromatic heterocycles. The number of fused-ring (bicyclic) bond motifs is 1. The van der Waals surface area contributed by atoms with E-state index in [1.807, 2.05) is 51.1 Å². The zero-order valence-electron chi connectivity index (χ0n) is 13.2. The maximum absolute atomic E-state index is 12.0. The summed E-state index contributed by atoms with van der Waals surface area (Å²) >= 11 is 0. The van der Waals surface area contributed by atoms with E-state index in [1.54, 1.807) is 4.90 Å². The number of ether oxygens (including phenoxy) is 1. The summed E-state index contributed by atoms with van der Waals surface area (Å²) < 4.78 is 5.40. The molecular weight excluding hydrogens is 278 g/mol. The Balaban J connectivity index is 1.72. The highest BCUT2D eigenvalue weighted by molar-refractivity contribution is 5.79. The van der Waals surface area contributed by atoms with Crippen LogP contribution in [0.5, 0.6) is 0 Å². The predicted octanol–water partition coefficient (Wildman–Crippen LogP) is 3.59. The van der Waals surface area contributed by atoms with E-state index in [2.05, 4.69) is 9.97 Å². The Morgan fingerprint density at radius 2 is 2.09 bits per heavy atom. The second-order valence-electron chi connectivity index (χ2n) is 6.51. The number of aromatic nitrogens is 2. The molecule has 0 atom stereocenters. The minimum atomic E-state index is -0.459. The van der Waals surface area contributed by atoms with Crippen molar-refractivity contribution >= 4 is 22.7 Å². The van der Waals surface area contributed by atoms with E-state index in [1.165, 1.54) is 0 Å². The summed E-state index contributed by atoms with van der Waals surface area (Å²) in [5.41, 5.74) is 2.69. The van der Waals surface area contributed by atoms with Gasteiger partial charge in [-0.2, -0.15) is 0 Å². The van der Waals surface area contributed by atoms with Crippen LogP contribution in [0.2, 0.25) is 0 Å². The van der Waals surface area contributed by atoms with Crippen molar-refractivity contribution in [1.29, 1.82) is 0 Å². The topological polar surface area (TPSA) is 58.2 Å². The minimum Gasteiger partial charge on any atom is -0.444 e. The molecule has 22 heavy (non-hydrogen) atoms. The van der Waals surface area contributed by atoms with Gasteiger partial charge in [-0.3, -0.25) is 0 Å². The Hall–Kier alpha value is -2.30. The van der Waals surface area contributed by atoms with Gasteiger partial charge in [0.05, 0.1) is 11.0 Å². The SMILES string of the molecule is CC(C)(C)OC(=O)N1CC=C(c2nc3ccccc3[nH]2)CC1. The first-order chi connectivity index (χ1) is 10.4. The Kier molecular flexibility index (Phi) is 3.64. The number of carbonyl (C=O) groups is 1. The van der Waals surface area contributed by atoms with Gasteiger partial charge in [0.15, 0.2) is 0 Å². The molecule has 0 saturated heterocycles. The van der Waals surface area contributed by atoms with Gasteiger partial charge >= 0.3 is 6.09 Å². The van der Waals surface area contributed by atoms with Gasteiger partial charge in [-0.1, -0.05) is 18.2 Å². The van der Waals surface area contributed by atoms with Gasteiger partial charge in [0.25, 0.3) is 0 Å². The van der Waals surface area contributed by atoms with Crippen LogP contribution in [0, 0.1) is 0 Å². The first-order valence-electron chi connectivity index (χ1n) is 7.54. The van der Waals surface area contributed by atoms with Crippen LogP contribution in [0.1, 0.15) is 33.0 Å². The number of para-hydroxylation sites is 2. The number of benzene rings is 1. The summed E-state index contributed by atoms with van der Waals surface area (Å²) in [6.45, 7) is 6.85. The van der Waals surface area contributed by atoms with E-state index in [9.17, 15) is 4.79 Å². The highest BCUT2D eigenvalue weighted by Crippen LogP contribution is 2.23. The van der Waals surface area contributed by atoms with Crippen molar-refractivity contribution in [2.24, 2.45) is 0 Å². The molecular formula is C17H21N3O2. The lowest BCUT2D eigenvalue weighted by Gasteiger charge is -2.29. The van der Waals surface area contributed by atoms with Crippen molar-refractivity contribution in [2.45, 2.75) is 32.8 Å². The van der Waals surface area contributed by atoms with E-state index < -0.39 is 5.60 Å². The summed E-state index contributed by atoms with van der Waals surface area (Å²) in [4.78, 5) is 21.7. The van der Waals surface area contributed by atoms with Crippen LogP contribution in [0.15, 0.2) is 30.3 Å². The third-order valence-corrected chi connectivity index (χ3v) is 3.55. The summed E-state index contributed by atoms with van der Waals surface area (Å²) in [7, 11) is 0. The van der Waals surface area contributed by atoms with Gasteiger partial charge in [-0.05, 0) is 44.9 Å². The van der Waals surface area contributed by atoms with Crippen LogP contribution in [-0.4, -0.2) is 39.7 Å². The van der Waals surface area contributed by atoms with Crippen molar-refractivity contribution in [3.05, 3.63) is 36.2 Å². The molecule has 0 saturated carbocycles. The standard InChI is InChI=1S/C17H21N3O2/c1-17(2,3)22-16(21)20-10-8-12(9-11-20)15-18-13-6-4-5-7-14(13)19-15/h4-8H,9-11H2,1-3H3,(H,18,19). The van der Waals surface area contributed by atoms with Crippen LogP contribution in [0.3, 0.4) is 0 Å². The van der Waals surface area contributed by atoms with E-state index in [0.29, 0.717) is 13.1 Å². The van der Waals surface area contributed by atoms with Gasteiger partial charge in [0, 0.05) is 13.1 Å². The highest BCUT2D eigenvalue weighted by atomic mass is 16.6. The quantitative estimate of drug-likeness (QED) is 0.875. The fraction of sp³-hybridized carbons (Fsp3) is 0.412. The molecule has 0 spiro atoms. The fourth-order valence-electron chi connectivity index (χ4n) is 2.48. The van der Waals surface area contributed by atoms with Crippen molar-refractivity contribution in [3.8, 4) is 0 Å². The number of hydrogen-bond donors (Lipinski definition) is 1. The average Bonchev–Trinajstić information content (AvgIpc) is 2.89. The molecule has 2 heterocycles. The summed E-state index contributed by atoms with van der Waals surface area (Å²) in [5, 5.41) is 0. The molecule has 0 radical (unpaired) electrons. The van der Waals surface area contributed by atoms with Gasteiger partial charge in [-0.25, -0.2) is 9.78 Å². The molecule has 0 aliphatic carbocycles. The number of carbonyl (C=O) groups excluding carboxylic acids is 1. The second-order valence-corrected chi connectivity index (χ2v) is 6.51. The number of amides is 1. The Bertz CT molecular complexity index is 692. The van der Waals surface area contributed by atoms with E-state index in [-0.39, 0.29) is 6.09 Å². The Morgan fingerprint density at radius 3 is 2.73 bits per heavy atom. The lowest BCUT2D eigenvalue weighted by atomic mass is 10.1. The average molecular weight is 299 g/mol. The molecule has 2 aromatic rings. The number of nitrogens with one attached hydrogen (secondary N) is 1. The van der Waals surface area contributed by atoms with Gasteiger partial charge in [0.2, 0.25) is 0 Å². The maximum atomic E-state index is 12.0. The summed E-state index contributed by atoms with van der Waals surface area (Å²) in [6.07, 6.45) is 2.57. The van der Waals surface area contributed by atoms with Gasteiger partial charge in [0.1, 0.15) is 11.4 Å². The zero-order valence-corrected chi connectivity index (χ0v) is 13.2. The minimum absolute atomic E-state index is 0.257. The molecule has 1 N–H and O–H groups in total. The van der Waals surface area contributed by atoms with Crippen molar-refractivity contribution in [3.63, 3.8) is 0 Å². The van der Waals surface area contributed by atoms with Crippen LogP contribution < -0.4 is 0 Å². The monoisotopic (exact) mass is 299 g/mol. The normalized spacial score (nSPS) is 15.8. The molecule has 0 unspecified atom stereocenters. The lowest BCUT2D eigenvalue weighted by molar-refractivity contribution is 0.0270. The van der Waals surface area contributed by atoms with Crippen molar-refractivity contribution < 1.29 is 9.53 Å². The molecule has 0 fully saturated rings. The molecule has 116 valence electrons. The van der Waals surface area contributed by atoms with E-state index in [4.69, 9.17) is 4.74 Å². The number of imidazole rings is 1. The first-order valence-corrected chi connectivity index (χ1v) is 7.54. The largest absolute Gasteiger partial charge is 0.444 e. The summed E-state index contributed by atoms with van der Waals surface area (Å²) in [5.74, 6) is 0.894. The van der Waals surface area contributed by atoms with E-state index in [0.717, 1.165) is 28.9 Å². The van der Waals surface area contributed by atoms with Crippen LogP contribution in [0.4, 0.5) is 4.79 Å². The van der Waals surface area contributed by atoms with Crippen LogP contribution in [-0.2, 0) is 4.74 Å². The molecule has 5 heteroatoms. The maximum Gasteiger partial charge on any atom is 0.410 e. The molecule has 1 aliphatic rings. The molecule has 0 bridgehead atoms. The smallest absolute Gasteiger partial charge is 0.410 e. The van der Waals surface area contributed by atoms with Gasteiger partial charge < -0.3 is 14.6 Å². The summed E-state index contributed by atoms with van der Waals surface area (Å²) in [6, 6.07) is 7.98. The zero-order chi connectivity index (χ0) is 15.7. The lowest BCUT2D eigenvalue weighted by Crippen LogP contribution is -2.39.